The molecule has 0 saturated heterocycles. The van der Waals surface area contributed by atoms with E-state index in [1.807, 2.05) is 56.3 Å². The van der Waals surface area contributed by atoms with Gasteiger partial charge in [-0.3, -0.25) is 4.31 Å². The fraction of sp³-hybridized carbons (Fsp3) is 0.133. The number of para-hydroxylation sites is 1. The average molecular weight is 543 g/mol. The normalized spacial score (nSPS) is 15.6. The largest absolute Gasteiger partial charge is 0.268 e. The third-order valence-electron chi connectivity index (χ3n) is 7.20. The number of aryl methyl sites for hydroxylation is 2. The Labute approximate surface area is 222 Å². The van der Waals surface area contributed by atoms with Crippen molar-refractivity contribution >= 4 is 36.6 Å². The fourth-order valence-electron chi connectivity index (χ4n) is 5.09. The van der Waals surface area contributed by atoms with Crippen molar-refractivity contribution in [2.24, 2.45) is 0 Å². The number of hydrogen-bond acceptors (Lipinski definition) is 4. The second-order valence-corrected chi connectivity index (χ2v) is 13.4. The van der Waals surface area contributed by atoms with Gasteiger partial charge in [0.1, 0.15) is 0 Å². The minimum absolute atomic E-state index is 0.215. The van der Waals surface area contributed by atoms with Gasteiger partial charge in [-0.05, 0) is 67.4 Å². The lowest BCUT2D eigenvalue weighted by molar-refractivity contribution is 0.588. The molecule has 0 spiro atoms. The van der Waals surface area contributed by atoms with Gasteiger partial charge in [-0.25, -0.2) is 20.8 Å². The molecule has 0 amide bonds. The summed E-state index contributed by atoms with van der Waals surface area (Å²) in [7, 11) is -7.58. The summed E-state index contributed by atoms with van der Waals surface area (Å²) >= 11 is 0. The SMILES string of the molecule is Cc1ccc(S(=O)(=O)N2CC(c3ccc4ccn(S(=O)(=O)c5ccc(C)cc5)c4c3)c3ccccc32)cc1. The predicted octanol–water partition coefficient (Wildman–Crippen LogP) is 5.84. The number of hydrogen-bond donors (Lipinski definition) is 0. The molecule has 1 unspecified atom stereocenters. The van der Waals surface area contributed by atoms with Crippen LogP contribution in [0.5, 0.6) is 0 Å². The summed E-state index contributed by atoms with van der Waals surface area (Å²) in [5.74, 6) is -0.249. The van der Waals surface area contributed by atoms with Gasteiger partial charge in [0.2, 0.25) is 0 Å². The van der Waals surface area contributed by atoms with Crippen LogP contribution in [0.4, 0.5) is 5.69 Å². The topological polar surface area (TPSA) is 76.5 Å². The molecule has 38 heavy (non-hydrogen) atoms. The van der Waals surface area contributed by atoms with Crippen LogP contribution in [0, 0.1) is 13.8 Å². The summed E-state index contributed by atoms with van der Waals surface area (Å²) in [5, 5.41) is 0.792. The van der Waals surface area contributed by atoms with Crippen molar-refractivity contribution in [1.82, 2.24) is 3.97 Å². The Morgan fingerprint density at radius 2 is 1.29 bits per heavy atom. The highest BCUT2D eigenvalue weighted by molar-refractivity contribution is 7.92. The van der Waals surface area contributed by atoms with Crippen molar-refractivity contribution in [1.29, 1.82) is 0 Å². The third kappa shape index (κ3) is 3.92. The molecule has 1 aromatic heterocycles. The van der Waals surface area contributed by atoms with Crippen molar-refractivity contribution < 1.29 is 16.8 Å². The molecule has 1 aliphatic heterocycles. The van der Waals surface area contributed by atoms with E-state index in [1.54, 1.807) is 60.8 Å². The van der Waals surface area contributed by atoms with Crippen LogP contribution in [0.1, 0.15) is 28.2 Å². The lowest BCUT2D eigenvalue weighted by Crippen LogP contribution is -2.30. The van der Waals surface area contributed by atoms with Gasteiger partial charge in [0.25, 0.3) is 20.0 Å². The molecule has 0 radical (unpaired) electrons. The lowest BCUT2D eigenvalue weighted by atomic mass is 9.93. The number of benzene rings is 4. The lowest BCUT2D eigenvalue weighted by Gasteiger charge is -2.20. The van der Waals surface area contributed by atoms with Crippen molar-refractivity contribution in [2.45, 2.75) is 29.6 Å². The van der Waals surface area contributed by atoms with Gasteiger partial charge >= 0.3 is 0 Å². The van der Waals surface area contributed by atoms with Gasteiger partial charge < -0.3 is 0 Å². The van der Waals surface area contributed by atoms with Crippen molar-refractivity contribution in [3.8, 4) is 0 Å². The van der Waals surface area contributed by atoms with E-state index in [0.717, 1.165) is 27.6 Å². The second kappa shape index (κ2) is 8.85. The van der Waals surface area contributed by atoms with Crippen LogP contribution in [0.25, 0.3) is 10.9 Å². The Balaban J connectivity index is 1.44. The molecule has 0 fully saturated rings. The number of fused-ring (bicyclic) bond motifs is 2. The standard InChI is InChI=1S/C30H26N2O4S2/c1-21-7-13-25(14-8-21)37(33,34)31-18-17-23-11-12-24(19-30(23)31)28-20-32(29-6-4-3-5-27(28)29)38(35,36)26-15-9-22(2)10-16-26/h3-19,28H,20H2,1-2H3. The zero-order valence-electron chi connectivity index (χ0n) is 20.9. The van der Waals surface area contributed by atoms with E-state index in [1.165, 1.54) is 8.28 Å². The Bertz CT molecular complexity index is 1890. The van der Waals surface area contributed by atoms with E-state index < -0.39 is 20.0 Å². The first-order chi connectivity index (χ1) is 18.2. The zero-order valence-corrected chi connectivity index (χ0v) is 22.6. The monoisotopic (exact) mass is 542 g/mol. The predicted molar refractivity (Wildman–Crippen MR) is 150 cm³/mol. The van der Waals surface area contributed by atoms with Gasteiger partial charge in [-0.1, -0.05) is 65.7 Å². The molecule has 1 aliphatic rings. The third-order valence-corrected chi connectivity index (χ3v) is 10.7. The first-order valence-corrected chi connectivity index (χ1v) is 15.2. The van der Waals surface area contributed by atoms with Crippen molar-refractivity contribution in [3.63, 3.8) is 0 Å². The Morgan fingerprint density at radius 1 is 0.684 bits per heavy atom. The van der Waals surface area contributed by atoms with E-state index >= 15 is 0 Å². The smallest absolute Gasteiger partial charge is 0.265 e. The number of aromatic nitrogens is 1. The van der Waals surface area contributed by atoms with Crippen LogP contribution in [-0.2, 0) is 20.0 Å². The summed E-state index contributed by atoms with van der Waals surface area (Å²) in [6, 6.07) is 28.6. The minimum atomic E-state index is -3.80. The number of nitrogens with zero attached hydrogens (tertiary/aromatic N) is 2. The molecule has 192 valence electrons. The van der Waals surface area contributed by atoms with Crippen LogP contribution < -0.4 is 4.31 Å². The molecule has 8 heteroatoms. The molecule has 6 nitrogen and oxygen atoms in total. The van der Waals surface area contributed by atoms with Crippen LogP contribution in [-0.4, -0.2) is 27.4 Å². The maximum atomic E-state index is 13.7. The number of sulfonamides is 1. The van der Waals surface area contributed by atoms with Gasteiger partial charge in [0.05, 0.1) is 21.0 Å². The Kier molecular flexibility index (Phi) is 5.70. The molecule has 1 atom stereocenters. The van der Waals surface area contributed by atoms with Gasteiger partial charge in [-0.2, -0.15) is 0 Å². The first-order valence-electron chi connectivity index (χ1n) is 12.3. The van der Waals surface area contributed by atoms with Crippen LogP contribution in [0.15, 0.2) is 113 Å². The van der Waals surface area contributed by atoms with E-state index in [-0.39, 0.29) is 22.3 Å². The van der Waals surface area contributed by atoms with E-state index in [2.05, 4.69) is 0 Å². The first kappa shape index (κ1) is 24.5. The van der Waals surface area contributed by atoms with Crippen molar-refractivity contribution in [2.75, 3.05) is 10.8 Å². The summed E-state index contributed by atoms with van der Waals surface area (Å²) < 4.78 is 57.1. The summed E-state index contributed by atoms with van der Waals surface area (Å²) in [6.07, 6.45) is 1.57. The van der Waals surface area contributed by atoms with E-state index in [9.17, 15) is 16.8 Å². The molecule has 4 aromatic carbocycles. The van der Waals surface area contributed by atoms with Crippen LogP contribution in [0.2, 0.25) is 0 Å². The molecular formula is C30H26N2O4S2. The van der Waals surface area contributed by atoms with Crippen LogP contribution in [0.3, 0.4) is 0 Å². The zero-order chi connectivity index (χ0) is 26.7. The highest BCUT2D eigenvalue weighted by atomic mass is 32.2. The molecule has 0 aliphatic carbocycles. The number of anilines is 1. The maximum Gasteiger partial charge on any atom is 0.268 e. The quantitative estimate of drug-likeness (QED) is 0.280. The van der Waals surface area contributed by atoms with E-state index in [4.69, 9.17) is 0 Å². The molecule has 0 saturated carbocycles. The Hall–Kier alpha value is -3.88. The van der Waals surface area contributed by atoms with E-state index in [0.29, 0.717) is 11.2 Å². The maximum absolute atomic E-state index is 13.7. The van der Waals surface area contributed by atoms with Crippen LogP contribution >= 0.6 is 0 Å². The van der Waals surface area contributed by atoms with Gasteiger partial charge in [-0.15, -0.1) is 0 Å². The molecular weight excluding hydrogens is 516 g/mol. The summed E-state index contributed by atoms with van der Waals surface area (Å²) in [4.78, 5) is 0.458. The van der Waals surface area contributed by atoms with Crippen molar-refractivity contribution in [3.05, 3.63) is 126 Å². The van der Waals surface area contributed by atoms with Gasteiger partial charge in [0, 0.05) is 24.0 Å². The molecule has 6 rings (SSSR count). The average Bonchev–Trinajstić information content (AvgIpc) is 3.52. The second-order valence-electron chi connectivity index (χ2n) is 9.71. The molecule has 0 bridgehead atoms. The minimum Gasteiger partial charge on any atom is -0.265 e. The summed E-state index contributed by atoms with van der Waals surface area (Å²) in [5.41, 5.74) is 4.91. The Morgan fingerprint density at radius 3 is 1.95 bits per heavy atom. The fourth-order valence-corrected chi connectivity index (χ4v) is 7.94. The summed E-state index contributed by atoms with van der Waals surface area (Å²) in [6.45, 7) is 4.06. The van der Waals surface area contributed by atoms with Gasteiger partial charge in [0.15, 0.2) is 0 Å². The highest BCUT2D eigenvalue weighted by Gasteiger charge is 2.37. The molecule has 5 aromatic rings. The number of rotatable bonds is 5. The molecule has 0 N–H and O–H groups in total. The molecule has 2 heterocycles. The highest BCUT2D eigenvalue weighted by Crippen LogP contribution is 2.43.